The predicted molar refractivity (Wildman–Crippen MR) is 83.7 cm³/mol. The number of hydrogen-bond acceptors (Lipinski definition) is 4. The van der Waals surface area contributed by atoms with Gasteiger partial charge in [0.2, 0.25) is 0 Å². The quantitative estimate of drug-likeness (QED) is 0.867. The zero-order valence-electron chi connectivity index (χ0n) is 12.6. The summed E-state index contributed by atoms with van der Waals surface area (Å²) in [5, 5.41) is 0. The molecule has 1 heterocycles. The number of aryl methyl sites for hydroxylation is 2. The van der Waals surface area contributed by atoms with Gasteiger partial charge in [-0.1, -0.05) is 18.2 Å². The van der Waals surface area contributed by atoms with E-state index in [1.54, 1.807) is 6.20 Å². The first-order valence-electron chi connectivity index (χ1n) is 6.89. The van der Waals surface area contributed by atoms with Crippen LogP contribution in [-0.2, 0) is 6.54 Å². The van der Waals surface area contributed by atoms with Gasteiger partial charge in [0, 0.05) is 24.5 Å². The van der Waals surface area contributed by atoms with E-state index in [-0.39, 0.29) is 0 Å². The number of nitrogens with two attached hydrogens (primary N) is 1. The maximum Gasteiger partial charge on any atom is 0.150 e. The molecule has 2 N–H and O–H groups in total. The van der Waals surface area contributed by atoms with Crippen LogP contribution in [0.4, 0.5) is 11.5 Å². The minimum Gasteiger partial charge on any atom is -0.398 e. The SMILES string of the molecule is Cc1cnc(C)c(N(Cc2ccccc2N)C(C)C)n1. The highest BCUT2D eigenvalue weighted by Gasteiger charge is 2.16. The van der Waals surface area contributed by atoms with E-state index >= 15 is 0 Å². The second-order valence-corrected chi connectivity index (χ2v) is 5.34. The Bertz CT molecular complexity index is 593. The highest BCUT2D eigenvalue weighted by molar-refractivity contribution is 5.51. The molecule has 2 rings (SSSR count). The molecule has 20 heavy (non-hydrogen) atoms. The molecule has 0 aliphatic carbocycles. The Hall–Kier alpha value is -2.10. The van der Waals surface area contributed by atoms with Gasteiger partial charge in [0.25, 0.3) is 0 Å². The van der Waals surface area contributed by atoms with Gasteiger partial charge in [0.05, 0.1) is 11.4 Å². The molecule has 0 saturated carbocycles. The number of para-hydroxylation sites is 1. The fourth-order valence-electron chi connectivity index (χ4n) is 2.16. The lowest BCUT2D eigenvalue weighted by Gasteiger charge is -2.29. The molecule has 0 unspecified atom stereocenters. The third-order valence-corrected chi connectivity index (χ3v) is 3.34. The van der Waals surface area contributed by atoms with E-state index in [0.29, 0.717) is 6.04 Å². The van der Waals surface area contributed by atoms with Crippen molar-refractivity contribution in [2.24, 2.45) is 0 Å². The number of nitrogen functional groups attached to an aromatic ring is 1. The number of benzene rings is 1. The van der Waals surface area contributed by atoms with E-state index in [4.69, 9.17) is 5.73 Å². The van der Waals surface area contributed by atoms with Crippen molar-refractivity contribution in [1.29, 1.82) is 0 Å². The minimum absolute atomic E-state index is 0.324. The lowest BCUT2D eigenvalue weighted by Crippen LogP contribution is -2.32. The van der Waals surface area contributed by atoms with Crippen LogP contribution in [0.3, 0.4) is 0 Å². The number of hydrogen-bond donors (Lipinski definition) is 1. The Labute approximate surface area is 120 Å². The van der Waals surface area contributed by atoms with E-state index in [0.717, 1.165) is 35.0 Å². The van der Waals surface area contributed by atoms with Gasteiger partial charge >= 0.3 is 0 Å². The van der Waals surface area contributed by atoms with Crippen molar-refractivity contribution in [3.05, 3.63) is 47.4 Å². The van der Waals surface area contributed by atoms with Gasteiger partial charge in [-0.3, -0.25) is 4.98 Å². The van der Waals surface area contributed by atoms with Crippen LogP contribution in [0.15, 0.2) is 30.5 Å². The second kappa shape index (κ2) is 5.90. The molecule has 106 valence electrons. The van der Waals surface area contributed by atoms with Gasteiger partial charge in [0.15, 0.2) is 5.82 Å². The molecular weight excluding hydrogens is 248 g/mol. The molecule has 0 fully saturated rings. The van der Waals surface area contributed by atoms with Crippen LogP contribution < -0.4 is 10.6 Å². The summed E-state index contributed by atoms with van der Waals surface area (Å²) in [5.41, 5.74) is 9.85. The molecule has 0 aliphatic rings. The number of rotatable bonds is 4. The molecule has 0 aliphatic heterocycles. The Morgan fingerprint density at radius 1 is 1.20 bits per heavy atom. The van der Waals surface area contributed by atoms with E-state index in [9.17, 15) is 0 Å². The Morgan fingerprint density at radius 3 is 2.55 bits per heavy atom. The molecule has 1 aromatic heterocycles. The molecule has 4 heteroatoms. The molecule has 0 spiro atoms. The standard InChI is InChI=1S/C16H22N4/c1-11(2)20(10-14-7-5-6-8-15(14)17)16-13(4)18-9-12(3)19-16/h5-9,11H,10,17H2,1-4H3. The molecule has 1 aromatic carbocycles. The summed E-state index contributed by atoms with van der Waals surface area (Å²) in [5.74, 6) is 0.934. The van der Waals surface area contributed by atoms with Crippen LogP contribution in [0.25, 0.3) is 0 Å². The molecule has 0 atom stereocenters. The second-order valence-electron chi connectivity index (χ2n) is 5.34. The minimum atomic E-state index is 0.324. The van der Waals surface area contributed by atoms with Crippen molar-refractivity contribution in [3.8, 4) is 0 Å². The molecule has 0 bridgehead atoms. The van der Waals surface area contributed by atoms with Gasteiger partial charge in [-0.15, -0.1) is 0 Å². The van der Waals surface area contributed by atoms with Gasteiger partial charge in [-0.2, -0.15) is 0 Å². The van der Waals surface area contributed by atoms with Crippen LogP contribution >= 0.6 is 0 Å². The third kappa shape index (κ3) is 3.07. The van der Waals surface area contributed by atoms with Gasteiger partial charge < -0.3 is 10.6 Å². The number of anilines is 2. The van der Waals surface area contributed by atoms with Crippen molar-refractivity contribution in [2.75, 3.05) is 10.6 Å². The van der Waals surface area contributed by atoms with Crippen LogP contribution in [0.5, 0.6) is 0 Å². The van der Waals surface area contributed by atoms with Gasteiger partial charge in [-0.05, 0) is 39.3 Å². The van der Waals surface area contributed by atoms with Crippen LogP contribution in [0.1, 0.15) is 30.8 Å². The first kappa shape index (κ1) is 14.3. The van der Waals surface area contributed by atoms with E-state index in [2.05, 4.69) is 34.8 Å². The normalized spacial score (nSPS) is 10.8. The van der Waals surface area contributed by atoms with Crippen molar-refractivity contribution < 1.29 is 0 Å². The fourth-order valence-corrected chi connectivity index (χ4v) is 2.16. The number of aromatic nitrogens is 2. The maximum absolute atomic E-state index is 6.05. The topological polar surface area (TPSA) is 55.0 Å². The van der Waals surface area contributed by atoms with Crippen LogP contribution in [0.2, 0.25) is 0 Å². The molecule has 0 amide bonds. The monoisotopic (exact) mass is 270 g/mol. The van der Waals surface area contributed by atoms with E-state index < -0.39 is 0 Å². The Kier molecular flexibility index (Phi) is 4.23. The number of nitrogens with zero attached hydrogens (tertiary/aromatic N) is 3. The van der Waals surface area contributed by atoms with Gasteiger partial charge in [-0.25, -0.2) is 4.98 Å². The largest absolute Gasteiger partial charge is 0.398 e. The Balaban J connectivity index is 2.37. The van der Waals surface area contributed by atoms with E-state index in [1.807, 2.05) is 32.0 Å². The van der Waals surface area contributed by atoms with Crippen LogP contribution in [0, 0.1) is 13.8 Å². The summed E-state index contributed by atoms with van der Waals surface area (Å²) in [6.45, 7) is 9.01. The maximum atomic E-state index is 6.05. The average Bonchev–Trinajstić information content (AvgIpc) is 2.40. The van der Waals surface area contributed by atoms with Crippen molar-refractivity contribution in [2.45, 2.75) is 40.3 Å². The first-order valence-corrected chi connectivity index (χ1v) is 6.89. The molecule has 0 saturated heterocycles. The fraction of sp³-hybridized carbons (Fsp3) is 0.375. The highest BCUT2D eigenvalue weighted by atomic mass is 15.2. The molecule has 0 radical (unpaired) electrons. The Morgan fingerprint density at radius 2 is 1.90 bits per heavy atom. The smallest absolute Gasteiger partial charge is 0.150 e. The lowest BCUT2D eigenvalue weighted by molar-refractivity contribution is 0.666. The summed E-state index contributed by atoms with van der Waals surface area (Å²) >= 11 is 0. The van der Waals surface area contributed by atoms with Crippen molar-refractivity contribution in [1.82, 2.24) is 9.97 Å². The summed E-state index contributed by atoms with van der Waals surface area (Å²) in [6.07, 6.45) is 1.80. The summed E-state index contributed by atoms with van der Waals surface area (Å²) in [6, 6.07) is 8.28. The molecule has 4 nitrogen and oxygen atoms in total. The van der Waals surface area contributed by atoms with Crippen molar-refractivity contribution >= 4 is 11.5 Å². The van der Waals surface area contributed by atoms with E-state index in [1.165, 1.54) is 0 Å². The highest BCUT2D eigenvalue weighted by Crippen LogP contribution is 2.23. The average molecular weight is 270 g/mol. The first-order chi connectivity index (χ1) is 9.49. The summed E-state index contributed by atoms with van der Waals surface area (Å²) < 4.78 is 0. The molecular formula is C16H22N4. The molecule has 2 aromatic rings. The predicted octanol–water partition coefficient (Wildman–Crippen LogP) is 3.09. The third-order valence-electron chi connectivity index (χ3n) is 3.34. The zero-order chi connectivity index (χ0) is 14.7. The lowest BCUT2D eigenvalue weighted by atomic mass is 10.1. The van der Waals surface area contributed by atoms with Crippen molar-refractivity contribution in [3.63, 3.8) is 0 Å². The van der Waals surface area contributed by atoms with Gasteiger partial charge in [0.1, 0.15) is 0 Å². The summed E-state index contributed by atoms with van der Waals surface area (Å²) in [7, 11) is 0. The van der Waals surface area contributed by atoms with Crippen LogP contribution in [-0.4, -0.2) is 16.0 Å². The zero-order valence-corrected chi connectivity index (χ0v) is 12.6. The summed E-state index contributed by atoms with van der Waals surface area (Å²) in [4.78, 5) is 11.3.